The number of hydrogen-bond donors (Lipinski definition) is 0. The number of fused-ring (bicyclic) bond motifs is 5. The van der Waals surface area contributed by atoms with Gasteiger partial charge < -0.3 is 9.09 Å². The summed E-state index contributed by atoms with van der Waals surface area (Å²) >= 11 is 6.00. The van der Waals surface area contributed by atoms with Crippen molar-refractivity contribution >= 4 is 39.1 Å². The number of rotatable bonds is 3. The van der Waals surface area contributed by atoms with Crippen LogP contribution < -0.4 is 0 Å². The van der Waals surface area contributed by atoms with Gasteiger partial charge in [0.05, 0.1) is 17.6 Å². The Morgan fingerprint density at radius 2 is 1.62 bits per heavy atom. The molecule has 6 aromatic rings. The molecule has 6 rings (SSSR count). The van der Waals surface area contributed by atoms with E-state index in [0.717, 1.165) is 28.2 Å². The normalized spacial score (nSPS) is 11.8. The third-order valence-electron chi connectivity index (χ3n) is 5.40. The van der Waals surface area contributed by atoms with Crippen LogP contribution in [0.25, 0.3) is 38.7 Å². The standard InChI is InChI=1S/C24H16ClN3O/c25-18-11-9-16(10-12-18)21-13-19(29-26-21)15-28-23-8-4-3-7-22(23)27-14-17-5-1-2-6-20(17)24(27)28/h1-14H,15H2. The van der Waals surface area contributed by atoms with Crippen molar-refractivity contribution in [3.05, 3.63) is 95.8 Å². The van der Waals surface area contributed by atoms with Crippen molar-refractivity contribution in [2.24, 2.45) is 0 Å². The summed E-state index contributed by atoms with van der Waals surface area (Å²) in [5.74, 6) is 0.809. The first-order chi connectivity index (χ1) is 14.3. The summed E-state index contributed by atoms with van der Waals surface area (Å²) in [6.45, 7) is 0.603. The maximum Gasteiger partial charge on any atom is 0.157 e. The maximum absolute atomic E-state index is 6.00. The average molecular weight is 398 g/mol. The maximum atomic E-state index is 6.00. The predicted octanol–water partition coefficient (Wildman–Crippen LogP) is 6.40. The van der Waals surface area contributed by atoms with Gasteiger partial charge in [0, 0.05) is 33.6 Å². The number of para-hydroxylation sites is 2. The second-order valence-corrected chi connectivity index (χ2v) is 7.61. The van der Waals surface area contributed by atoms with Gasteiger partial charge in [-0.05, 0) is 24.3 Å². The predicted molar refractivity (Wildman–Crippen MR) is 116 cm³/mol. The minimum absolute atomic E-state index is 0.603. The Kier molecular flexibility index (Phi) is 3.55. The molecule has 0 bridgehead atoms. The van der Waals surface area contributed by atoms with Gasteiger partial charge in [-0.25, -0.2) is 0 Å². The topological polar surface area (TPSA) is 35.4 Å². The van der Waals surface area contributed by atoms with Gasteiger partial charge >= 0.3 is 0 Å². The molecule has 4 nitrogen and oxygen atoms in total. The van der Waals surface area contributed by atoms with Gasteiger partial charge in [-0.1, -0.05) is 65.3 Å². The quantitative estimate of drug-likeness (QED) is 0.346. The monoisotopic (exact) mass is 397 g/mol. The van der Waals surface area contributed by atoms with Gasteiger partial charge in [0.15, 0.2) is 5.76 Å². The molecule has 0 saturated carbocycles. The van der Waals surface area contributed by atoms with Crippen LogP contribution in [0.2, 0.25) is 5.02 Å². The van der Waals surface area contributed by atoms with Crippen LogP contribution in [0.3, 0.4) is 0 Å². The fourth-order valence-corrected chi connectivity index (χ4v) is 4.20. The van der Waals surface area contributed by atoms with Crippen LogP contribution in [0.1, 0.15) is 5.76 Å². The average Bonchev–Trinajstić information content (AvgIpc) is 3.44. The fraction of sp³-hybridized carbons (Fsp3) is 0.0417. The van der Waals surface area contributed by atoms with E-state index in [-0.39, 0.29) is 0 Å². The molecular weight excluding hydrogens is 382 g/mol. The number of benzene rings is 3. The van der Waals surface area contributed by atoms with Crippen molar-refractivity contribution in [2.75, 3.05) is 0 Å². The van der Waals surface area contributed by atoms with Crippen molar-refractivity contribution < 1.29 is 4.52 Å². The van der Waals surface area contributed by atoms with E-state index < -0.39 is 0 Å². The molecule has 3 heterocycles. The molecule has 5 heteroatoms. The molecule has 0 aliphatic carbocycles. The lowest BCUT2D eigenvalue weighted by Gasteiger charge is -2.03. The molecule has 0 radical (unpaired) electrons. The van der Waals surface area contributed by atoms with E-state index in [0.29, 0.717) is 11.6 Å². The molecule has 0 amide bonds. The minimum atomic E-state index is 0.603. The first kappa shape index (κ1) is 16.5. The van der Waals surface area contributed by atoms with Crippen molar-refractivity contribution in [1.82, 2.24) is 14.1 Å². The zero-order chi connectivity index (χ0) is 19.4. The highest BCUT2D eigenvalue weighted by Crippen LogP contribution is 2.30. The van der Waals surface area contributed by atoms with Crippen LogP contribution in [0.15, 0.2) is 89.6 Å². The van der Waals surface area contributed by atoms with Gasteiger partial charge in [0.25, 0.3) is 0 Å². The Morgan fingerprint density at radius 3 is 2.48 bits per heavy atom. The largest absolute Gasteiger partial charge is 0.359 e. The van der Waals surface area contributed by atoms with Crippen LogP contribution >= 0.6 is 11.6 Å². The second-order valence-electron chi connectivity index (χ2n) is 7.17. The van der Waals surface area contributed by atoms with E-state index in [1.54, 1.807) is 0 Å². The van der Waals surface area contributed by atoms with Crippen LogP contribution in [0.5, 0.6) is 0 Å². The Hall–Kier alpha value is -3.50. The molecule has 140 valence electrons. The van der Waals surface area contributed by atoms with Gasteiger partial charge in [-0.3, -0.25) is 4.40 Å². The molecule has 3 aromatic heterocycles. The summed E-state index contributed by atoms with van der Waals surface area (Å²) in [6, 6.07) is 26.5. The van der Waals surface area contributed by atoms with E-state index in [9.17, 15) is 0 Å². The van der Waals surface area contributed by atoms with Crippen LogP contribution in [-0.4, -0.2) is 14.1 Å². The lowest BCUT2D eigenvalue weighted by atomic mass is 10.1. The van der Waals surface area contributed by atoms with Crippen LogP contribution in [-0.2, 0) is 6.54 Å². The number of hydrogen-bond acceptors (Lipinski definition) is 2. The van der Waals surface area contributed by atoms with Gasteiger partial charge in [-0.2, -0.15) is 0 Å². The lowest BCUT2D eigenvalue weighted by molar-refractivity contribution is 0.380. The Bertz CT molecular complexity index is 1480. The van der Waals surface area contributed by atoms with Crippen LogP contribution in [0.4, 0.5) is 0 Å². The van der Waals surface area contributed by atoms with Gasteiger partial charge in [0.2, 0.25) is 0 Å². The highest BCUT2D eigenvalue weighted by molar-refractivity contribution is 6.30. The summed E-state index contributed by atoms with van der Waals surface area (Å²) in [4.78, 5) is 0. The molecule has 29 heavy (non-hydrogen) atoms. The van der Waals surface area contributed by atoms with Gasteiger partial charge in [0.1, 0.15) is 11.3 Å². The third kappa shape index (κ3) is 2.57. The Morgan fingerprint density at radius 1 is 0.862 bits per heavy atom. The summed E-state index contributed by atoms with van der Waals surface area (Å²) in [7, 11) is 0. The molecule has 0 fully saturated rings. The smallest absolute Gasteiger partial charge is 0.157 e. The van der Waals surface area contributed by atoms with Crippen molar-refractivity contribution in [3.63, 3.8) is 0 Å². The van der Waals surface area contributed by atoms with Crippen molar-refractivity contribution in [3.8, 4) is 11.3 Å². The molecule has 0 saturated heterocycles. The number of halogens is 1. The molecule has 0 N–H and O–H groups in total. The zero-order valence-corrected chi connectivity index (χ0v) is 16.2. The van der Waals surface area contributed by atoms with Gasteiger partial charge in [-0.15, -0.1) is 0 Å². The highest BCUT2D eigenvalue weighted by atomic mass is 35.5. The zero-order valence-electron chi connectivity index (χ0n) is 15.4. The molecule has 3 aromatic carbocycles. The molecule has 0 spiro atoms. The molecule has 0 aliphatic heterocycles. The fourth-order valence-electron chi connectivity index (χ4n) is 4.07. The molecule has 0 atom stereocenters. The number of nitrogens with zero attached hydrogens (tertiary/aromatic N) is 3. The number of imidazole rings is 1. The summed E-state index contributed by atoms with van der Waals surface area (Å²) < 4.78 is 10.3. The molecular formula is C24H16ClN3O. The third-order valence-corrected chi connectivity index (χ3v) is 5.65. The minimum Gasteiger partial charge on any atom is -0.359 e. The van der Waals surface area contributed by atoms with E-state index in [2.05, 4.69) is 68.9 Å². The second kappa shape index (κ2) is 6.26. The van der Waals surface area contributed by atoms with E-state index in [1.807, 2.05) is 30.3 Å². The Balaban J connectivity index is 1.51. The van der Waals surface area contributed by atoms with Crippen molar-refractivity contribution in [1.29, 1.82) is 0 Å². The van der Waals surface area contributed by atoms with Crippen LogP contribution in [0, 0.1) is 0 Å². The first-order valence-corrected chi connectivity index (χ1v) is 9.84. The van der Waals surface area contributed by atoms with E-state index >= 15 is 0 Å². The summed E-state index contributed by atoms with van der Waals surface area (Å²) in [5.41, 5.74) is 5.30. The summed E-state index contributed by atoms with van der Waals surface area (Å²) in [6.07, 6.45) is 2.20. The SMILES string of the molecule is Clc1ccc(-c2cc(Cn3c4ccccc4n4cc5ccccc5c34)on2)cc1. The molecule has 0 aliphatic rings. The summed E-state index contributed by atoms with van der Waals surface area (Å²) in [5, 5.41) is 7.42. The van der Waals surface area contributed by atoms with E-state index in [1.165, 1.54) is 16.3 Å². The lowest BCUT2D eigenvalue weighted by Crippen LogP contribution is -1.98. The van der Waals surface area contributed by atoms with E-state index in [4.69, 9.17) is 16.1 Å². The first-order valence-electron chi connectivity index (χ1n) is 9.46. The van der Waals surface area contributed by atoms with Crippen molar-refractivity contribution in [2.45, 2.75) is 6.54 Å². The molecule has 0 unspecified atom stereocenters. The number of aromatic nitrogens is 3. The highest BCUT2D eigenvalue weighted by Gasteiger charge is 2.16. The Labute approximate surface area is 171 Å².